The van der Waals surface area contributed by atoms with Crippen LogP contribution in [0.2, 0.25) is 0 Å². The largest absolute Gasteiger partial charge is 0.493 e. The second-order valence-corrected chi connectivity index (χ2v) is 6.93. The van der Waals surface area contributed by atoms with Crippen LogP contribution in [0.25, 0.3) is 0 Å². The number of benzene rings is 2. The second-order valence-electron chi connectivity index (χ2n) is 6.93. The zero-order valence-corrected chi connectivity index (χ0v) is 16.9. The fourth-order valence-corrected chi connectivity index (χ4v) is 2.96. The van der Waals surface area contributed by atoms with Crippen LogP contribution >= 0.6 is 0 Å². The van der Waals surface area contributed by atoms with Crippen LogP contribution < -0.4 is 14.8 Å². The molecular weight excluding hydrogens is 338 g/mol. The van der Waals surface area contributed by atoms with Gasteiger partial charge in [-0.2, -0.15) is 0 Å². The Labute approximate surface area is 162 Å². The smallest absolute Gasteiger partial charge is 0.260 e. The molecule has 2 aromatic carbocycles. The standard InChI is InChI=1S/C23H31NO3/c1-5-13-26-22-11-7-6-9-20(22)10-8-12-24-23(25)19(4)27-21-15-17(2)14-18(3)16-21/h6-7,9,11,14-16,19H,5,8,10,12-13H2,1-4H3,(H,24,25). The van der Waals surface area contributed by atoms with E-state index < -0.39 is 6.10 Å². The summed E-state index contributed by atoms with van der Waals surface area (Å²) in [4.78, 5) is 12.3. The minimum Gasteiger partial charge on any atom is -0.493 e. The number of carbonyl (C=O) groups excluding carboxylic acids is 1. The van der Waals surface area contributed by atoms with E-state index in [9.17, 15) is 4.79 Å². The predicted molar refractivity (Wildman–Crippen MR) is 110 cm³/mol. The Morgan fingerprint density at radius 1 is 1.11 bits per heavy atom. The first-order chi connectivity index (χ1) is 13.0. The summed E-state index contributed by atoms with van der Waals surface area (Å²) in [6, 6.07) is 14.1. The monoisotopic (exact) mass is 369 g/mol. The number of amides is 1. The van der Waals surface area contributed by atoms with Crippen LogP contribution in [-0.2, 0) is 11.2 Å². The maximum atomic E-state index is 12.3. The summed E-state index contributed by atoms with van der Waals surface area (Å²) in [6.07, 6.45) is 2.19. The molecule has 0 radical (unpaired) electrons. The normalized spacial score (nSPS) is 11.7. The summed E-state index contributed by atoms with van der Waals surface area (Å²) in [5.41, 5.74) is 3.43. The van der Waals surface area contributed by atoms with E-state index in [0.717, 1.165) is 48.5 Å². The molecule has 1 N–H and O–H groups in total. The Morgan fingerprint density at radius 3 is 2.52 bits per heavy atom. The molecule has 0 bridgehead atoms. The molecule has 1 unspecified atom stereocenters. The Balaban J connectivity index is 1.77. The predicted octanol–water partition coefficient (Wildman–Crippen LogP) is 4.61. The van der Waals surface area contributed by atoms with Gasteiger partial charge in [-0.1, -0.05) is 31.2 Å². The number of hydrogen-bond acceptors (Lipinski definition) is 3. The summed E-state index contributed by atoms with van der Waals surface area (Å²) < 4.78 is 11.6. The zero-order valence-electron chi connectivity index (χ0n) is 16.9. The molecule has 1 amide bonds. The molecule has 1 atom stereocenters. The van der Waals surface area contributed by atoms with Crippen molar-refractivity contribution in [3.8, 4) is 11.5 Å². The maximum absolute atomic E-state index is 12.3. The molecule has 2 aromatic rings. The van der Waals surface area contributed by atoms with Crippen molar-refractivity contribution in [3.05, 3.63) is 59.2 Å². The third-order valence-electron chi connectivity index (χ3n) is 4.23. The molecule has 27 heavy (non-hydrogen) atoms. The van der Waals surface area contributed by atoms with E-state index in [1.165, 1.54) is 5.56 Å². The van der Waals surface area contributed by atoms with Crippen LogP contribution in [0, 0.1) is 13.8 Å². The molecule has 0 aliphatic carbocycles. The zero-order chi connectivity index (χ0) is 19.6. The fourth-order valence-electron chi connectivity index (χ4n) is 2.96. The van der Waals surface area contributed by atoms with Gasteiger partial charge in [-0.15, -0.1) is 0 Å². The number of rotatable bonds is 10. The van der Waals surface area contributed by atoms with Crippen LogP contribution in [-0.4, -0.2) is 25.2 Å². The number of para-hydroxylation sites is 1. The van der Waals surface area contributed by atoms with Gasteiger partial charge in [-0.05, 0) is 74.9 Å². The quantitative estimate of drug-likeness (QED) is 0.622. The van der Waals surface area contributed by atoms with Gasteiger partial charge in [0.1, 0.15) is 11.5 Å². The molecule has 146 valence electrons. The maximum Gasteiger partial charge on any atom is 0.260 e. The number of hydrogen-bond donors (Lipinski definition) is 1. The topological polar surface area (TPSA) is 47.6 Å². The Bertz CT molecular complexity index is 722. The average molecular weight is 370 g/mol. The number of nitrogens with one attached hydrogen (secondary N) is 1. The molecule has 0 aromatic heterocycles. The van der Waals surface area contributed by atoms with E-state index in [1.807, 2.05) is 44.2 Å². The molecule has 0 saturated carbocycles. The Kier molecular flexibility index (Phi) is 8.18. The minimum absolute atomic E-state index is 0.0929. The van der Waals surface area contributed by atoms with Gasteiger partial charge in [0.2, 0.25) is 0 Å². The van der Waals surface area contributed by atoms with Gasteiger partial charge in [-0.3, -0.25) is 4.79 Å². The second kappa shape index (κ2) is 10.6. The average Bonchev–Trinajstić information content (AvgIpc) is 2.63. The molecule has 2 rings (SSSR count). The summed E-state index contributed by atoms with van der Waals surface area (Å²) in [5.74, 6) is 1.58. The van der Waals surface area contributed by atoms with E-state index in [-0.39, 0.29) is 5.91 Å². The Hall–Kier alpha value is -2.49. The van der Waals surface area contributed by atoms with Gasteiger partial charge < -0.3 is 14.8 Å². The lowest BCUT2D eigenvalue weighted by molar-refractivity contribution is -0.127. The number of carbonyl (C=O) groups is 1. The van der Waals surface area contributed by atoms with Crippen molar-refractivity contribution < 1.29 is 14.3 Å². The van der Waals surface area contributed by atoms with Crippen molar-refractivity contribution in [1.29, 1.82) is 0 Å². The van der Waals surface area contributed by atoms with E-state index in [2.05, 4.69) is 24.4 Å². The van der Waals surface area contributed by atoms with Crippen LogP contribution in [0.4, 0.5) is 0 Å². The first-order valence-corrected chi connectivity index (χ1v) is 9.73. The van der Waals surface area contributed by atoms with Crippen LogP contribution in [0.3, 0.4) is 0 Å². The molecule has 0 heterocycles. The first-order valence-electron chi connectivity index (χ1n) is 9.73. The van der Waals surface area contributed by atoms with Crippen LogP contribution in [0.1, 0.15) is 43.4 Å². The van der Waals surface area contributed by atoms with Crippen molar-refractivity contribution in [3.63, 3.8) is 0 Å². The molecule has 0 aliphatic heterocycles. The van der Waals surface area contributed by atoms with Gasteiger partial charge in [0.25, 0.3) is 5.91 Å². The van der Waals surface area contributed by atoms with E-state index >= 15 is 0 Å². The van der Waals surface area contributed by atoms with E-state index in [1.54, 1.807) is 6.92 Å². The Morgan fingerprint density at radius 2 is 1.81 bits per heavy atom. The lowest BCUT2D eigenvalue weighted by atomic mass is 10.1. The highest BCUT2D eigenvalue weighted by atomic mass is 16.5. The molecule has 0 spiro atoms. The first kappa shape index (κ1) is 20.8. The van der Waals surface area contributed by atoms with Gasteiger partial charge in [0.15, 0.2) is 6.10 Å². The molecule has 0 saturated heterocycles. The highest BCUT2D eigenvalue weighted by Gasteiger charge is 2.14. The molecule has 0 aliphatic rings. The van der Waals surface area contributed by atoms with E-state index in [4.69, 9.17) is 9.47 Å². The van der Waals surface area contributed by atoms with Crippen molar-refractivity contribution in [2.75, 3.05) is 13.2 Å². The SMILES string of the molecule is CCCOc1ccccc1CCCNC(=O)C(C)Oc1cc(C)cc(C)c1. The third kappa shape index (κ3) is 6.97. The number of aryl methyl sites for hydroxylation is 3. The van der Waals surface area contributed by atoms with Gasteiger partial charge in [0.05, 0.1) is 6.61 Å². The highest BCUT2D eigenvalue weighted by molar-refractivity contribution is 5.80. The lowest BCUT2D eigenvalue weighted by Crippen LogP contribution is -2.37. The molecule has 4 heteroatoms. The van der Waals surface area contributed by atoms with Crippen LogP contribution in [0.15, 0.2) is 42.5 Å². The van der Waals surface area contributed by atoms with Crippen LogP contribution in [0.5, 0.6) is 11.5 Å². The lowest BCUT2D eigenvalue weighted by Gasteiger charge is -2.16. The van der Waals surface area contributed by atoms with Gasteiger partial charge in [0, 0.05) is 6.54 Å². The third-order valence-corrected chi connectivity index (χ3v) is 4.23. The molecular formula is C23H31NO3. The molecule has 0 fully saturated rings. The summed E-state index contributed by atoms with van der Waals surface area (Å²) in [7, 11) is 0. The summed E-state index contributed by atoms with van der Waals surface area (Å²) in [5, 5.41) is 2.96. The fraction of sp³-hybridized carbons (Fsp3) is 0.435. The molecule has 4 nitrogen and oxygen atoms in total. The van der Waals surface area contributed by atoms with Gasteiger partial charge in [-0.25, -0.2) is 0 Å². The van der Waals surface area contributed by atoms with Crippen molar-refractivity contribution in [1.82, 2.24) is 5.32 Å². The van der Waals surface area contributed by atoms with E-state index in [0.29, 0.717) is 6.54 Å². The summed E-state index contributed by atoms with van der Waals surface area (Å²) >= 11 is 0. The van der Waals surface area contributed by atoms with Crippen molar-refractivity contribution >= 4 is 5.91 Å². The summed E-state index contributed by atoms with van der Waals surface area (Å²) in [6.45, 7) is 9.25. The van der Waals surface area contributed by atoms with Gasteiger partial charge >= 0.3 is 0 Å². The highest BCUT2D eigenvalue weighted by Crippen LogP contribution is 2.20. The van der Waals surface area contributed by atoms with Crippen molar-refractivity contribution in [2.24, 2.45) is 0 Å². The minimum atomic E-state index is -0.522. The number of ether oxygens (including phenoxy) is 2. The van der Waals surface area contributed by atoms with Crippen molar-refractivity contribution in [2.45, 2.75) is 53.1 Å².